The number of anilines is 2. The minimum absolute atomic E-state index is 0.0182. The first-order chi connectivity index (χ1) is 14.9. The van der Waals surface area contributed by atoms with Crippen LogP contribution in [-0.4, -0.2) is 74.3 Å². The molecule has 2 rings (SSSR count). The van der Waals surface area contributed by atoms with Gasteiger partial charge in [0.2, 0.25) is 5.91 Å². The number of nitrogens with zero attached hydrogens (tertiary/aromatic N) is 2. The summed E-state index contributed by atoms with van der Waals surface area (Å²) in [6.07, 6.45) is -4.70. The van der Waals surface area contributed by atoms with Gasteiger partial charge in [0.05, 0.1) is 18.8 Å². The molecule has 1 atom stereocenters. The number of likely N-dealkylation sites (N-methyl/N-ethyl adjacent to an activating group) is 1. The van der Waals surface area contributed by atoms with Crippen LogP contribution in [0.2, 0.25) is 0 Å². The summed E-state index contributed by atoms with van der Waals surface area (Å²) in [6, 6.07) is 1.41. The van der Waals surface area contributed by atoms with Gasteiger partial charge in [-0.1, -0.05) is 6.92 Å². The van der Waals surface area contributed by atoms with Crippen LogP contribution in [0.25, 0.3) is 0 Å². The van der Waals surface area contributed by atoms with Gasteiger partial charge in [-0.05, 0) is 18.7 Å². The number of benzene rings is 1. The number of primary amides is 1. The van der Waals surface area contributed by atoms with Gasteiger partial charge in [-0.15, -0.1) is 0 Å². The van der Waals surface area contributed by atoms with Crippen molar-refractivity contribution < 1.29 is 45.8 Å². The number of morpholine rings is 1. The predicted molar refractivity (Wildman–Crippen MR) is 101 cm³/mol. The summed E-state index contributed by atoms with van der Waals surface area (Å²) in [5.74, 6) is -3.49. The van der Waals surface area contributed by atoms with Gasteiger partial charge < -0.3 is 25.4 Å². The Morgan fingerprint density at radius 1 is 1.34 bits per heavy atom. The van der Waals surface area contributed by atoms with Crippen LogP contribution in [0.4, 0.5) is 33.3 Å². The lowest BCUT2D eigenvalue weighted by Crippen LogP contribution is -2.54. The first-order valence-corrected chi connectivity index (χ1v) is 9.31. The van der Waals surface area contributed by atoms with E-state index in [1.807, 2.05) is 0 Å². The highest BCUT2D eigenvalue weighted by atomic mass is 19.4. The van der Waals surface area contributed by atoms with Crippen molar-refractivity contribution in [2.24, 2.45) is 5.73 Å². The van der Waals surface area contributed by atoms with E-state index in [4.69, 9.17) is 10.5 Å². The Hall–Kier alpha value is -3.00. The van der Waals surface area contributed by atoms with Crippen molar-refractivity contribution in [3.05, 3.63) is 18.2 Å². The maximum Gasteiger partial charge on any atom is 0.401 e. The molecular formula is C18H21F5N4O5. The number of rotatable bonds is 9. The number of halogens is 5. The summed E-state index contributed by atoms with van der Waals surface area (Å²) in [4.78, 5) is 37.9. The zero-order valence-electron chi connectivity index (χ0n) is 16.8. The summed E-state index contributed by atoms with van der Waals surface area (Å²) in [5, 5.41) is 2.18. The Morgan fingerprint density at radius 2 is 2.03 bits per heavy atom. The average molecular weight is 468 g/mol. The summed E-state index contributed by atoms with van der Waals surface area (Å²) in [7, 11) is 0. The molecule has 1 aliphatic heterocycles. The van der Waals surface area contributed by atoms with Crippen molar-refractivity contribution in [1.82, 2.24) is 4.90 Å². The molecule has 0 unspecified atom stereocenters. The third-order valence-corrected chi connectivity index (χ3v) is 4.39. The van der Waals surface area contributed by atoms with Gasteiger partial charge in [0.15, 0.2) is 11.8 Å². The summed E-state index contributed by atoms with van der Waals surface area (Å²) >= 11 is 0. The zero-order valence-corrected chi connectivity index (χ0v) is 16.8. The van der Waals surface area contributed by atoms with Crippen LogP contribution >= 0.6 is 0 Å². The van der Waals surface area contributed by atoms with Gasteiger partial charge in [-0.3, -0.25) is 19.3 Å². The van der Waals surface area contributed by atoms with E-state index in [0.717, 1.165) is 11.0 Å². The monoisotopic (exact) mass is 468 g/mol. The summed E-state index contributed by atoms with van der Waals surface area (Å²) in [6.45, 7) is -3.89. The second kappa shape index (κ2) is 10.5. The van der Waals surface area contributed by atoms with Gasteiger partial charge in [-0.25, -0.2) is 0 Å². The average Bonchev–Trinajstić information content (AvgIpc) is 2.66. The van der Waals surface area contributed by atoms with Crippen LogP contribution in [0.3, 0.4) is 0 Å². The third kappa shape index (κ3) is 6.75. The maximum atomic E-state index is 12.9. The fourth-order valence-corrected chi connectivity index (χ4v) is 3.08. The van der Waals surface area contributed by atoms with Crippen LogP contribution in [0.5, 0.6) is 5.75 Å². The molecule has 0 radical (unpaired) electrons. The highest BCUT2D eigenvalue weighted by Gasteiger charge is 2.38. The molecule has 1 fully saturated rings. The molecule has 1 aromatic rings. The molecule has 1 heterocycles. The molecule has 178 valence electrons. The second-order valence-electron chi connectivity index (χ2n) is 6.63. The minimum Gasteiger partial charge on any atom is -0.433 e. The van der Waals surface area contributed by atoms with Crippen molar-refractivity contribution in [3.63, 3.8) is 0 Å². The number of hydrogen-bond donors (Lipinski definition) is 2. The number of hydrogen-bond acceptors (Lipinski definition) is 6. The minimum atomic E-state index is -4.70. The first kappa shape index (κ1) is 25.3. The van der Waals surface area contributed by atoms with E-state index in [0.29, 0.717) is 4.90 Å². The van der Waals surface area contributed by atoms with Crippen LogP contribution < -0.4 is 20.7 Å². The van der Waals surface area contributed by atoms with E-state index in [1.165, 1.54) is 19.1 Å². The molecule has 3 amide bonds. The lowest BCUT2D eigenvalue weighted by Gasteiger charge is -2.29. The number of nitrogens with one attached hydrogen (secondary N) is 1. The van der Waals surface area contributed by atoms with Crippen molar-refractivity contribution in [2.75, 3.05) is 43.1 Å². The Morgan fingerprint density at radius 3 is 2.56 bits per heavy atom. The molecule has 0 spiro atoms. The number of carbonyl (C=O) groups excluding carboxylic acids is 3. The van der Waals surface area contributed by atoms with Gasteiger partial charge in [-0.2, -0.15) is 22.0 Å². The molecule has 1 aromatic carbocycles. The van der Waals surface area contributed by atoms with Crippen LogP contribution in [0.1, 0.15) is 6.92 Å². The highest BCUT2D eigenvalue weighted by molar-refractivity contribution is 6.09. The van der Waals surface area contributed by atoms with Crippen molar-refractivity contribution >= 4 is 29.1 Å². The zero-order chi connectivity index (χ0) is 24.1. The van der Waals surface area contributed by atoms with E-state index in [-0.39, 0.29) is 37.7 Å². The van der Waals surface area contributed by atoms with Gasteiger partial charge in [0.25, 0.3) is 11.8 Å². The topological polar surface area (TPSA) is 114 Å². The van der Waals surface area contributed by atoms with Crippen molar-refractivity contribution in [2.45, 2.75) is 25.8 Å². The Bertz CT molecular complexity index is 852. The second-order valence-corrected chi connectivity index (χ2v) is 6.63. The molecule has 1 aliphatic rings. The third-order valence-electron chi connectivity index (χ3n) is 4.39. The van der Waals surface area contributed by atoms with Crippen LogP contribution in [0, 0.1) is 0 Å². The molecule has 0 bridgehead atoms. The largest absolute Gasteiger partial charge is 0.433 e. The number of nitrogens with two attached hydrogens (primary N) is 1. The van der Waals surface area contributed by atoms with E-state index in [9.17, 15) is 36.3 Å². The molecule has 0 saturated carbocycles. The molecule has 0 aromatic heterocycles. The first-order valence-electron chi connectivity index (χ1n) is 9.31. The maximum absolute atomic E-state index is 12.9. The Kier molecular flexibility index (Phi) is 8.32. The number of ether oxygens (including phenoxy) is 2. The van der Waals surface area contributed by atoms with E-state index in [1.54, 1.807) is 0 Å². The van der Waals surface area contributed by atoms with E-state index >= 15 is 0 Å². The lowest BCUT2D eigenvalue weighted by molar-refractivity contribution is -0.156. The Labute approximate surface area is 179 Å². The molecule has 32 heavy (non-hydrogen) atoms. The predicted octanol–water partition coefficient (Wildman–Crippen LogP) is 1.33. The van der Waals surface area contributed by atoms with Gasteiger partial charge in [0, 0.05) is 18.3 Å². The molecule has 14 heteroatoms. The molecular weight excluding hydrogens is 447 g/mol. The fourth-order valence-electron chi connectivity index (χ4n) is 3.08. The number of carbonyl (C=O) groups is 3. The SMILES string of the molecule is CCN(CC(F)(F)F)[C@@H](C(N)=O)C(=O)Nc1ccc(N2CCOCC2=O)c(OC(F)F)c1. The standard InChI is InChI=1S/C18H21F5N4O5/c1-2-26(9-18(21,22)23)14(15(24)29)16(30)25-10-3-4-11(12(7-10)32-17(19)20)27-5-6-31-8-13(27)28/h3-4,7,14,17H,2,5-6,8-9H2,1H3,(H2,24,29)(H,25,30)/t14-/m0/s1. The molecule has 0 aliphatic carbocycles. The number of alkyl halides is 5. The Balaban J connectivity index is 2.30. The summed E-state index contributed by atoms with van der Waals surface area (Å²) < 4.78 is 73.5. The van der Waals surface area contributed by atoms with Gasteiger partial charge in [0.1, 0.15) is 6.61 Å². The normalized spacial score (nSPS) is 15.8. The fraction of sp³-hybridized carbons (Fsp3) is 0.500. The number of amides is 3. The van der Waals surface area contributed by atoms with Crippen molar-refractivity contribution in [3.8, 4) is 5.75 Å². The molecule has 1 saturated heterocycles. The lowest BCUT2D eigenvalue weighted by atomic mass is 10.1. The smallest absolute Gasteiger partial charge is 0.401 e. The molecule has 9 nitrogen and oxygen atoms in total. The van der Waals surface area contributed by atoms with Crippen LogP contribution in [-0.2, 0) is 19.1 Å². The quantitative estimate of drug-likeness (QED) is 0.418. The van der Waals surface area contributed by atoms with Crippen molar-refractivity contribution in [1.29, 1.82) is 0 Å². The summed E-state index contributed by atoms with van der Waals surface area (Å²) in [5.41, 5.74) is 4.95. The highest BCUT2D eigenvalue weighted by Crippen LogP contribution is 2.33. The van der Waals surface area contributed by atoms with E-state index < -0.39 is 48.8 Å². The molecule has 3 N–H and O–H groups in total. The van der Waals surface area contributed by atoms with Crippen LogP contribution in [0.15, 0.2) is 18.2 Å². The van der Waals surface area contributed by atoms with E-state index in [2.05, 4.69) is 10.1 Å². The van der Waals surface area contributed by atoms with Gasteiger partial charge >= 0.3 is 12.8 Å².